The lowest BCUT2D eigenvalue weighted by Crippen LogP contribution is -2.47. The molecular formula is C14H22N4O3. The number of anilines is 1. The minimum Gasteiger partial charge on any atom is -0.379 e. The standard InChI is InChI=1S/C14H22N4O3/c1-14(9-20-8-12(14)15)13(19)17-10-5-16-18(6-10)7-11-3-2-4-21-11/h5-6,11-12H,2-4,7-9,15H2,1H3,(H,17,19). The summed E-state index contributed by atoms with van der Waals surface area (Å²) >= 11 is 0. The first-order chi connectivity index (χ1) is 10.1. The van der Waals surface area contributed by atoms with E-state index < -0.39 is 5.41 Å². The van der Waals surface area contributed by atoms with Crippen LogP contribution < -0.4 is 11.1 Å². The molecule has 116 valence electrons. The van der Waals surface area contributed by atoms with Crippen LogP contribution in [0.25, 0.3) is 0 Å². The number of nitrogens with zero attached hydrogens (tertiary/aromatic N) is 2. The first-order valence-electron chi connectivity index (χ1n) is 7.37. The van der Waals surface area contributed by atoms with E-state index in [-0.39, 0.29) is 18.1 Å². The number of carbonyl (C=O) groups is 1. The maximum Gasteiger partial charge on any atom is 0.234 e. The summed E-state index contributed by atoms with van der Waals surface area (Å²) in [4.78, 5) is 12.4. The quantitative estimate of drug-likeness (QED) is 0.837. The maximum absolute atomic E-state index is 12.4. The van der Waals surface area contributed by atoms with E-state index in [1.165, 1.54) is 0 Å². The van der Waals surface area contributed by atoms with Gasteiger partial charge < -0.3 is 20.5 Å². The largest absolute Gasteiger partial charge is 0.379 e. The number of nitrogens with two attached hydrogens (primary N) is 1. The van der Waals surface area contributed by atoms with Crippen LogP contribution >= 0.6 is 0 Å². The first-order valence-corrected chi connectivity index (χ1v) is 7.37. The number of aromatic nitrogens is 2. The van der Waals surface area contributed by atoms with Crippen LogP contribution in [0.3, 0.4) is 0 Å². The van der Waals surface area contributed by atoms with Crippen LogP contribution in [0.1, 0.15) is 19.8 Å². The highest BCUT2D eigenvalue weighted by Crippen LogP contribution is 2.28. The third-order valence-electron chi connectivity index (χ3n) is 4.34. The van der Waals surface area contributed by atoms with E-state index in [1.807, 2.05) is 13.1 Å². The van der Waals surface area contributed by atoms with Gasteiger partial charge in [-0.2, -0.15) is 5.10 Å². The molecule has 0 saturated carbocycles. The van der Waals surface area contributed by atoms with Crippen LogP contribution in [-0.4, -0.2) is 47.7 Å². The van der Waals surface area contributed by atoms with E-state index in [0.717, 1.165) is 26.0 Å². The van der Waals surface area contributed by atoms with E-state index in [2.05, 4.69) is 10.4 Å². The van der Waals surface area contributed by atoms with Crippen molar-refractivity contribution in [1.29, 1.82) is 0 Å². The Morgan fingerprint density at radius 1 is 1.67 bits per heavy atom. The predicted octanol–water partition coefficient (Wildman–Crippen LogP) is 0.364. The molecule has 3 atom stereocenters. The Bertz CT molecular complexity index is 512. The lowest BCUT2D eigenvalue weighted by molar-refractivity contribution is -0.125. The van der Waals surface area contributed by atoms with Crippen LogP contribution in [0, 0.1) is 5.41 Å². The molecule has 0 spiro atoms. The average molecular weight is 294 g/mol. The summed E-state index contributed by atoms with van der Waals surface area (Å²) in [5, 5.41) is 7.14. The number of ether oxygens (including phenoxy) is 2. The maximum atomic E-state index is 12.4. The topological polar surface area (TPSA) is 91.4 Å². The first kappa shape index (κ1) is 14.5. The molecule has 1 aromatic rings. The van der Waals surface area contributed by atoms with Crippen LogP contribution in [0.2, 0.25) is 0 Å². The van der Waals surface area contributed by atoms with Gasteiger partial charge in [0.05, 0.1) is 43.2 Å². The van der Waals surface area contributed by atoms with Crippen LogP contribution in [0.4, 0.5) is 5.69 Å². The van der Waals surface area contributed by atoms with Crippen molar-refractivity contribution in [3.05, 3.63) is 12.4 Å². The molecule has 1 amide bonds. The molecule has 2 fully saturated rings. The zero-order valence-corrected chi connectivity index (χ0v) is 12.2. The average Bonchev–Trinajstić information content (AvgIpc) is 3.16. The van der Waals surface area contributed by atoms with Gasteiger partial charge in [0, 0.05) is 18.8 Å². The van der Waals surface area contributed by atoms with Gasteiger partial charge in [-0.1, -0.05) is 0 Å². The highest BCUT2D eigenvalue weighted by Gasteiger charge is 2.44. The summed E-state index contributed by atoms with van der Waals surface area (Å²) in [6, 6.07) is -0.278. The Morgan fingerprint density at radius 3 is 3.19 bits per heavy atom. The summed E-state index contributed by atoms with van der Waals surface area (Å²) in [7, 11) is 0. The molecular weight excluding hydrogens is 272 g/mol. The summed E-state index contributed by atoms with van der Waals surface area (Å²) in [6.45, 7) is 4.14. The van der Waals surface area contributed by atoms with Crippen molar-refractivity contribution in [2.45, 2.75) is 38.5 Å². The summed E-state index contributed by atoms with van der Waals surface area (Å²) in [5.41, 5.74) is 5.95. The van der Waals surface area contributed by atoms with E-state index in [4.69, 9.17) is 15.2 Å². The minimum absolute atomic E-state index is 0.121. The van der Waals surface area contributed by atoms with E-state index >= 15 is 0 Å². The van der Waals surface area contributed by atoms with Gasteiger partial charge in [-0.15, -0.1) is 0 Å². The van der Waals surface area contributed by atoms with Crippen LogP contribution in [-0.2, 0) is 20.8 Å². The lowest BCUT2D eigenvalue weighted by atomic mass is 9.85. The molecule has 7 heteroatoms. The number of amides is 1. The summed E-state index contributed by atoms with van der Waals surface area (Å²) in [6.07, 6.45) is 5.86. The van der Waals surface area contributed by atoms with Gasteiger partial charge in [-0.25, -0.2) is 0 Å². The fourth-order valence-corrected chi connectivity index (χ4v) is 2.72. The van der Waals surface area contributed by atoms with Crippen molar-refractivity contribution in [3.8, 4) is 0 Å². The third kappa shape index (κ3) is 2.95. The minimum atomic E-state index is -0.684. The van der Waals surface area contributed by atoms with Crippen LogP contribution in [0.15, 0.2) is 12.4 Å². The molecule has 3 N–H and O–H groups in total. The molecule has 2 aliphatic heterocycles. The van der Waals surface area contributed by atoms with E-state index in [1.54, 1.807) is 10.9 Å². The van der Waals surface area contributed by atoms with Crippen molar-refractivity contribution in [2.75, 3.05) is 25.1 Å². The fourth-order valence-electron chi connectivity index (χ4n) is 2.72. The number of hydrogen-bond acceptors (Lipinski definition) is 5. The zero-order valence-electron chi connectivity index (χ0n) is 12.2. The molecule has 0 aliphatic carbocycles. The van der Waals surface area contributed by atoms with E-state index in [9.17, 15) is 4.79 Å². The smallest absolute Gasteiger partial charge is 0.234 e. The van der Waals surface area contributed by atoms with Crippen molar-refractivity contribution in [1.82, 2.24) is 9.78 Å². The normalized spacial score (nSPS) is 32.5. The second-order valence-electron chi connectivity index (χ2n) is 6.08. The molecule has 3 rings (SSSR count). The van der Waals surface area contributed by atoms with Crippen molar-refractivity contribution >= 4 is 11.6 Å². The van der Waals surface area contributed by atoms with E-state index in [0.29, 0.717) is 18.9 Å². The van der Waals surface area contributed by atoms with Gasteiger partial charge in [-0.05, 0) is 19.8 Å². The Kier molecular flexibility index (Phi) is 3.97. The number of carbonyl (C=O) groups excluding carboxylic acids is 1. The highest BCUT2D eigenvalue weighted by molar-refractivity contribution is 5.95. The SMILES string of the molecule is CC1(C(=O)Nc2cnn(CC3CCCO3)c2)COCC1N. The third-order valence-corrected chi connectivity index (χ3v) is 4.34. The summed E-state index contributed by atoms with van der Waals surface area (Å²) < 4.78 is 12.7. The number of hydrogen-bond donors (Lipinski definition) is 2. The molecule has 3 unspecified atom stereocenters. The highest BCUT2D eigenvalue weighted by atomic mass is 16.5. The molecule has 0 bridgehead atoms. The molecule has 7 nitrogen and oxygen atoms in total. The van der Waals surface area contributed by atoms with Crippen molar-refractivity contribution in [3.63, 3.8) is 0 Å². The lowest BCUT2D eigenvalue weighted by Gasteiger charge is -2.24. The number of nitrogens with one attached hydrogen (secondary N) is 1. The Hall–Kier alpha value is -1.44. The van der Waals surface area contributed by atoms with Crippen LogP contribution in [0.5, 0.6) is 0 Å². The number of rotatable bonds is 4. The molecule has 0 aromatic carbocycles. The van der Waals surface area contributed by atoms with Crippen molar-refractivity contribution < 1.29 is 14.3 Å². The van der Waals surface area contributed by atoms with Gasteiger partial charge in [0.15, 0.2) is 0 Å². The molecule has 0 radical (unpaired) electrons. The molecule has 3 heterocycles. The van der Waals surface area contributed by atoms with Gasteiger partial charge in [0.2, 0.25) is 5.91 Å². The zero-order chi connectivity index (χ0) is 14.9. The molecule has 21 heavy (non-hydrogen) atoms. The van der Waals surface area contributed by atoms with Gasteiger partial charge in [0.25, 0.3) is 0 Å². The second-order valence-corrected chi connectivity index (χ2v) is 6.08. The summed E-state index contributed by atoms with van der Waals surface area (Å²) in [5.74, 6) is -0.121. The van der Waals surface area contributed by atoms with Gasteiger partial charge in [-0.3, -0.25) is 9.48 Å². The predicted molar refractivity (Wildman–Crippen MR) is 76.7 cm³/mol. The molecule has 1 aromatic heterocycles. The van der Waals surface area contributed by atoms with Crippen molar-refractivity contribution in [2.24, 2.45) is 11.1 Å². The monoisotopic (exact) mass is 294 g/mol. The Balaban J connectivity index is 1.60. The molecule has 2 saturated heterocycles. The molecule has 2 aliphatic rings. The second kappa shape index (κ2) is 5.75. The Morgan fingerprint density at radius 2 is 2.52 bits per heavy atom. The van der Waals surface area contributed by atoms with Gasteiger partial charge >= 0.3 is 0 Å². The van der Waals surface area contributed by atoms with Gasteiger partial charge in [0.1, 0.15) is 0 Å². The Labute approximate surface area is 123 Å². The fraction of sp³-hybridized carbons (Fsp3) is 0.714.